The van der Waals surface area contributed by atoms with Crippen molar-refractivity contribution in [3.05, 3.63) is 28.2 Å². The number of hydrogen-bond donors (Lipinski definition) is 3. The van der Waals surface area contributed by atoms with Crippen molar-refractivity contribution in [1.82, 2.24) is 10.2 Å². The number of rotatable bonds is 6. The zero-order valence-electron chi connectivity index (χ0n) is 11.9. The monoisotopic (exact) mass is 346 g/mol. The molecule has 0 spiro atoms. The van der Waals surface area contributed by atoms with Gasteiger partial charge in [-0.2, -0.15) is 0 Å². The molecule has 1 aromatic carbocycles. The summed E-state index contributed by atoms with van der Waals surface area (Å²) < 4.78 is 0. The molecule has 0 unspecified atom stereocenters. The van der Waals surface area contributed by atoms with Gasteiger partial charge >= 0.3 is 0 Å². The van der Waals surface area contributed by atoms with Gasteiger partial charge in [0.05, 0.1) is 29.7 Å². The topological polar surface area (TPSA) is 105 Å². The molecule has 0 saturated carbocycles. The molecule has 1 rings (SSSR count). The highest BCUT2D eigenvalue weighted by Gasteiger charge is 2.14. The van der Waals surface area contributed by atoms with Gasteiger partial charge in [-0.05, 0) is 18.2 Å². The van der Waals surface area contributed by atoms with E-state index in [2.05, 4.69) is 10.6 Å². The molecule has 7 nitrogen and oxygen atoms in total. The lowest BCUT2D eigenvalue weighted by Gasteiger charge is -2.17. The van der Waals surface area contributed by atoms with E-state index in [1.54, 1.807) is 12.1 Å². The predicted octanol–water partition coefficient (Wildman–Crippen LogP) is 0.465. The Hall–Kier alpha value is -1.83. The molecule has 4 N–H and O–H groups in total. The van der Waals surface area contributed by atoms with Crippen LogP contribution in [-0.2, 0) is 14.4 Å². The number of nitrogens with two attached hydrogens (primary N) is 1. The van der Waals surface area contributed by atoms with Crippen molar-refractivity contribution in [3.63, 3.8) is 0 Å². The first-order valence-electron chi connectivity index (χ1n) is 6.29. The van der Waals surface area contributed by atoms with Crippen molar-refractivity contribution in [1.29, 1.82) is 0 Å². The van der Waals surface area contributed by atoms with Crippen LogP contribution in [0.15, 0.2) is 18.2 Å². The van der Waals surface area contributed by atoms with Gasteiger partial charge in [-0.15, -0.1) is 0 Å². The van der Waals surface area contributed by atoms with Crippen LogP contribution in [0.5, 0.6) is 0 Å². The highest BCUT2D eigenvalue weighted by Crippen LogP contribution is 2.24. The molecule has 0 aliphatic heterocycles. The van der Waals surface area contributed by atoms with Crippen LogP contribution >= 0.6 is 23.2 Å². The third-order valence-electron chi connectivity index (χ3n) is 2.63. The van der Waals surface area contributed by atoms with E-state index in [9.17, 15) is 14.4 Å². The van der Waals surface area contributed by atoms with E-state index in [1.807, 2.05) is 0 Å². The maximum absolute atomic E-state index is 11.8. The van der Waals surface area contributed by atoms with Gasteiger partial charge in [0, 0.05) is 12.7 Å². The van der Waals surface area contributed by atoms with E-state index in [-0.39, 0.29) is 19.6 Å². The number of nitrogens with zero attached hydrogens (tertiary/aromatic N) is 1. The molecule has 1 aromatic rings. The van der Waals surface area contributed by atoms with E-state index in [0.717, 1.165) is 0 Å². The molecule has 0 fully saturated rings. The number of likely N-dealkylation sites (N-methyl/N-ethyl adjacent to an activating group) is 1. The lowest BCUT2D eigenvalue weighted by Crippen LogP contribution is -2.42. The number of hydrogen-bond acceptors (Lipinski definition) is 4. The normalized spacial score (nSPS) is 10.0. The number of carbonyl (C=O) groups is 3. The fraction of sp³-hybridized carbons (Fsp3) is 0.308. The first kappa shape index (κ1) is 18.2. The Labute approximate surface area is 137 Å². The van der Waals surface area contributed by atoms with E-state index in [1.165, 1.54) is 18.0 Å². The summed E-state index contributed by atoms with van der Waals surface area (Å²) in [5.41, 5.74) is 5.57. The number of amides is 3. The second-order valence-electron chi connectivity index (χ2n) is 4.41. The summed E-state index contributed by atoms with van der Waals surface area (Å²) in [6, 6.07) is 4.65. The zero-order chi connectivity index (χ0) is 16.7. The Kier molecular flexibility index (Phi) is 7.10. The van der Waals surface area contributed by atoms with Crippen LogP contribution in [0, 0.1) is 0 Å². The fourth-order valence-electron chi connectivity index (χ4n) is 1.46. The Morgan fingerprint density at radius 3 is 2.45 bits per heavy atom. The number of nitrogens with one attached hydrogen (secondary N) is 2. The van der Waals surface area contributed by atoms with Crippen molar-refractivity contribution in [2.75, 3.05) is 32.0 Å². The van der Waals surface area contributed by atoms with Crippen molar-refractivity contribution in [3.8, 4) is 0 Å². The number of benzene rings is 1. The Morgan fingerprint density at radius 1 is 1.18 bits per heavy atom. The minimum absolute atomic E-state index is 0.169. The van der Waals surface area contributed by atoms with Gasteiger partial charge in [-0.1, -0.05) is 23.2 Å². The molecular formula is C13H16Cl2N4O3. The summed E-state index contributed by atoms with van der Waals surface area (Å²) in [6.07, 6.45) is 0. The van der Waals surface area contributed by atoms with Crippen molar-refractivity contribution < 1.29 is 14.4 Å². The average molecular weight is 347 g/mol. The summed E-state index contributed by atoms with van der Waals surface area (Å²) in [5, 5.41) is 5.61. The summed E-state index contributed by atoms with van der Waals surface area (Å²) >= 11 is 11.6. The molecule has 3 amide bonds. The maximum atomic E-state index is 11.8. The third kappa shape index (κ3) is 5.88. The van der Waals surface area contributed by atoms with Crippen LogP contribution in [0.1, 0.15) is 0 Å². The highest BCUT2D eigenvalue weighted by molar-refractivity contribution is 6.42. The Balaban J connectivity index is 2.48. The molecule has 0 bridgehead atoms. The summed E-state index contributed by atoms with van der Waals surface area (Å²) in [6.45, 7) is -0.584. The van der Waals surface area contributed by atoms with E-state index in [0.29, 0.717) is 15.7 Å². The number of halogens is 2. The maximum Gasteiger partial charge on any atom is 0.243 e. The van der Waals surface area contributed by atoms with Crippen molar-refractivity contribution in [2.24, 2.45) is 5.73 Å². The van der Waals surface area contributed by atoms with Gasteiger partial charge in [-0.3, -0.25) is 14.4 Å². The van der Waals surface area contributed by atoms with E-state index >= 15 is 0 Å². The van der Waals surface area contributed by atoms with E-state index in [4.69, 9.17) is 28.9 Å². The van der Waals surface area contributed by atoms with Gasteiger partial charge in [0.1, 0.15) is 0 Å². The van der Waals surface area contributed by atoms with Gasteiger partial charge in [0.25, 0.3) is 0 Å². The van der Waals surface area contributed by atoms with Gasteiger partial charge < -0.3 is 21.3 Å². The molecule has 22 heavy (non-hydrogen) atoms. The summed E-state index contributed by atoms with van der Waals surface area (Å²) in [5.74, 6) is -1.26. The zero-order valence-corrected chi connectivity index (χ0v) is 13.4. The smallest absolute Gasteiger partial charge is 0.243 e. The van der Waals surface area contributed by atoms with Gasteiger partial charge in [0.2, 0.25) is 17.7 Å². The first-order chi connectivity index (χ1) is 10.3. The number of anilines is 1. The second-order valence-corrected chi connectivity index (χ2v) is 5.22. The molecule has 0 aliphatic rings. The SMILES string of the molecule is CN(CC(=O)Nc1ccc(Cl)c(Cl)c1)C(=O)CNC(=O)CN. The molecule has 0 saturated heterocycles. The molecule has 9 heteroatoms. The molecule has 0 aliphatic carbocycles. The Morgan fingerprint density at radius 2 is 1.86 bits per heavy atom. The predicted molar refractivity (Wildman–Crippen MR) is 84.8 cm³/mol. The summed E-state index contributed by atoms with van der Waals surface area (Å²) in [4.78, 5) is 35.7. The van der Waals surface area contributed by atoms with Crippen LogP contribution in [0.3, 0.4) is 0 Å². The fourth-order valence-corrected chi connectivity index (χ4v) is 1.76. The molecular weight excluding hydrogens is 331 g/mol. The quantitative estimate of drug-likeness (QED) is 0.696. The van der Waals surface area contributed by atoms with Crippen molar-refractivity contribution >= 4 is 46.6 Å². The van der Waals surface area contributed by atoms with Gasteiger partial charge in [-0.25, -0.2) is 0 Å². The van der Waals surface area contributed by atoms with Crippen LogP contribution in [0.25, 0.3) is 0 Å². The minimum atomic E-state index is -0.443. The van der Waals surface area contributed by atoms with Crippen LogP contribution < -0.4 is 16.4 Å². The third-order valence-corrected chi connectivity index (χ3v) is 3.37. The minimum Gasteiger partial charge on any atom is -0.346 e. The Bertz CT molecular complexity index is 580. The largest absolute Gasteiger partial charge is 0.346 e. The van der Waals surface area contributed by atoms with Crippen LogP contribution in [-0.4, -0.2) is 49.3 Å². The van der Waals surface area contributed by atoms with Gasteiger partial charge in [0.15, 0.2) is 0 Å². The second kappa shape index (κ2) is 8.57. The molecule has 120 valence electrons. The molecule has 0 heterocycles. The average Bonchev–Trinajstić information content (AvgIpc) is 2.47. The first-order valence-corrected chi connectivity index (χ1v) is 7.04. The number of carbonyl (C=O) groups excluding carboxylic acids is 3. The molecule has 0 radical (unpaired) electrons. The summed E-state index contributed by atoms with van der Waals surface area (Å²) in [7, 11) is 1.45. The lowest BCUT2D eigenvalue weighted by molar-refractivity contribution is -0.134. The standard InChI is InChI=1S/C13H16Cl2N4O3/c1-19(13(22)6-17-11(20)5-16)7-12(21)18-8-2-3-9(14)10(15)4-8/h2-4H,5-7,16H2,1H3,(H,17,20)(H,18,21). The highest BCUT2D eigenvalue weighted by atomic mass is 35.5. The molecule has 0 aromatic heterocycles. The van der Waals surface area contributed by atoms with Crippen molar-refractivity contribution in [2.45, 2.75) is 0 Å². The molecule has 0 atom stereocenters. The van der Waals surface area contributed by atoms with E-state index < -0.39 is 17.7 Å². The lowest BCUT2D eigenvalue weighted by atomic mass is 10.3. The van der Waals surface area contributed by atoms with Crippen LogP contribution in [0.4, 0.5) is 5.69 Å². The van der Waals surface area contributed by atoms with Crippen LogP contribution in [0.2, 0.25) is 10.0 Å².